The van der Waals surface area contributed by atoms with Gasteiger partial charge in [-0.2, -0.15) is 5.10 Å². The number of likely N-dealkylation sites (tertiary alicyclic amines) is 1. The second kappa shape index (κ2) is 7.55. The predicted molar refractivity (Wildman–Crippen MR) is 96.1 cm³/mol. The number of carbonyl (C=O) groups is 1. The van der Waals surface area contributed by atoms with E-state index in [9.17, 15) is 4.79 Å². The molecule has 2 atom stereocenters. The van der Waals surface area contributed by atoms with Crippen molar-refractivity contribution in [3.05, 3.63) is 12.4 Å². The number of anilines is 1. The lowest BCUT2D eigenvalue weighted by atomic mass is 9.98. The number of hydrogen-bond acceptors (Lipinski definition) is 4. The van der Waals surface area contributed by atoms with Crippen LogP contribution in [0.25, 0.3) is 0 Å². The van der Waals surface area contributed by atoms with Crippen molar-refractivity contribution in [3.63, 3.8) is 0 Å². The molecule has 3 rings (SSSR count). The molecule has 2 aliphatic rings. The van der Waals surface area contributed by atoms with Gasteiger partial charge in [0.2, 0.25) is 5.91 Å². The highest BCUT2D eigenvalue weighted by atomic mass is 16.2. The van der Waals surface area contributed by atoms with Crippen molar-refractivity contribution < 1.29 is 4.79 Å². The average Bonchev–Trinajstić information content (AvgIpc) is 3.01. The van der Waals surface area contributed by atoms with Crippen LogP contribution in [0.3, 0.4) is 0 Å². The highest BCUT2D eigenvalue weighted by Crippen LogP contribution is 2.22. The van der Waals surface area contributed by atoms with E-state index in [0.717, 1.165) is 51.0 Å². The van der Waals surface area contributed by atoms with Crippen LogP contribution in [0.15, 0.2) is 12.4 Å². The molecule has 0 bridgehead atoms. The normalized spacial score (nSPS) is 25.9. The van der Waals surface area contributed by atoms with E-state index in [4.69, 9.17) is 0 Å². The third kappa shape index (κ3) is 3.91. The summed E-state index contributed by atoms with van der Waals surface area (Å²) < 4.78 is 1.83. The molecule has 0 radical (unpaired) electrons. The molecule has 1 N–H and O–H groups in total. The molecule has 2 aliphatic heterocycles. The van der Waals surface area contributed by atoms with E-state index in [-0.39, 0.29) is 18.0 Å². The van der Waals surface area contributed by atoms with Crippen molar-refractivity contribution in [1.82, 2.24) is 20.0 Å². The first-order chi connectivity index (χ1) is 11.5. The van der Waals surface area contributed by atoms with Crippen LogP contribution in [0.2, 0.25) is 0 Å². The highest BCUT2D eigenvalue weighted by Gasteiger charge is 2.32. The number of nitrogens with one attached hydrogen (secondary N) is 1. The van der Waals surface area contributed by atoms with Crippen molar-refractivity contribution in [3.8, 4) is 0 Å². The number of aromatic nitrogens is 2. The van der Waals surface area contributed by atoms with Gasteiger partial charge in [0.1, 0.15) is 0 Å². The summed E-state index contributed by atoms with van der Waals surface area (Å²) in [7, 11) is 1.94. The molecule has 1 aromatic heterocycles. The van der Waals surface area contributed by atoms with Crippen molar-refractivity contribution >= 4 is 11.6 Å². The molecule has 134 valence electrons. The third-order valence-corrected chi connectivity index (χ3v) is 5.33. The Morgan fingerprint density at radius 3 is 2.79 bits per heavy atom. The molecule has 3 heterocycles. The number of aryl methyl sites for hydroxylation is 1. The molecule has 6 heteroatoms. The first-order valence-electron chi connectivity index (χ1n) is 9.34. The van der Waals surface area contributed by atoms with Crippen LogP contribution >= 0.6 is 0 Å². The van der Waals surface area contributed by atoms with Crippen molar-refractivity contribution in [2.45, 2.75) is 64.1 Å². The minimum atomic E-state index is 0.0486. The lowest BCUT2D eigenvalue weighted by Crippen LogP contribution is -2.56. The van der Waals surface area contributed by atoms with Crippen LogP contribution in [0.4, 0.5) is 5.69 Å². The van der Waals surface area contributed by atoms with Gasteiger partial charge < -0.3 is 10.2 Å². The predicted octanol–water partition coefficient (Wildman–Crippen LogP) is 1.77. The maximum absolute atomic E-state index is 12.8. The summed E-state index contributed by atoms with van der Waals surface area (Å²) in [6.07, 6.45) is 9.49. The zero-order valence-electron chi connectivity index (χ0n) is 15.2. The maximum atomic E-state index is 12.8. The molecule has 2 fully saturated rings. The Kier molecular flexibility index (Phi) is 5.43. The Hall–Kier alpha value is -1.56. The summed E-state index contributed by atoms with van der Waals surface area (Å²) in [5.74, 6) is 0.224. The van der Waals surface area contributed by atoms with E-state index < -0.39 is 0 Å². The Morgan fingerprint density at radius 1 is 1.25 bits per heavy atom. The van der Waals surface area contributed by atoms with Gasteiger partial charge in [0.25, 0.3) is 0 Å². The van der Waals surface area contributed by atoms with Crippen LogP contribution in [-0.4, -0.2) is 58.3 Å². The molecule has 6 nitrogen and oxygen atoms in total. The summed E-state index contributed by atoms with van der Waals surface area (Å²) in [5.41, 5.74) is 1.15. The average molecular weight is 333 g/mol. The molecule has 1 amide bonds. The summed E-state index contributed by atoms with van der Waals surface area (Å²) in [5, 5.41) is 7.59. The third-order valence-electron chi connectivity index (χ3n) is 5.33. The molecular weight excluding hydrogens is 302 g/mol. The molecular formula is C18H31N5O. The lowest BCUT2D eigenvalue weighted by molar-refractivity contribution is -0.129. The van der Waals surface area contributed by atoms with Crippen LogP contribution in [-0.2, 0) is 11.8 Å². The molecule has 0 saturated carbocycles. The standard InChI is InChI=1S/C18H31N5O/c1-14(2)23-10-5-4-8-17(23)18(24)20-15-7-6-9-22(12-15)16-11-19-21(3)13-16/h11,13-15,17H,4-10,12H2,1-3H3,(H,20,24). The summed E-state index contributed by atoms with van der Waals surface area (Å²) in [6.45, 7) is 7.35. The van der Waals surface area contributed by atoms with E-state index in [2.05, 4.69) is 34.1 Å². The van der Waals surface area contributed by atoms with Gasteiger partial charge in [-0.25, -0.2) is 0 Å². The minimum Gasteiger partial charge on any atom is -0.367 e. The van der Waals surface area contributed by atoms with Gasteiger partial charge in [0, 0.05) is 38.4 Å². The van der Waals surface area contributed by atoms with Crippen molar-refractivity contribution in [2.75, 3.05) is 24.5 Å². The van der Waals surface area contributed by atoms with Gasteiger partial charge >= 0.3 is 0 Å². The van der Waals surface area contributed by atoms with Gasteiger partial charge in [-0.15, -0.1) is 0 Å². The fourth-order valence-corrected chi connectivity index (χ4v) is 4.05. The maximum Gasteiger partial charge on any atom is 0.237 e. The Bertz CT molecular complexity index is 555. The SMILES string of the molecule is CC(C)N1CCCCC1C(=O)NC1CCCN(c2cnn(C)c2)C1. The first-order valence-corrected chi connectivity index (χ1v) is 9.34. The number of hydrogen-bond donors (Lipinski definition) is 1. The van der Waals surface area contributed by atoms with Crippen molar-refractivity contribution in [2.24, 2.45) is 7.05 Å². The number of amides is 1. The minimum absolute atomic E-state index is 0.0486. The van der Waals surface area contributed by atoms with Crippen LogP contribution in [0.1, 0.15) is 46.0 Å². The van der Waals surface area contributed by atoms with E-state index in [0.29, 0.717) is 6.04 Å². The molecule has 0 aromatic carbocycles. The molecule has 1 aromatic rings. The fraction of sp³-hybridized carbons (Fsp3) is 0.778. The van der Waals surface area contributed by atoms with Gasteiger partial charge in [0.15, 0.2) is 0 Å². The Labute approximate surface area is 145 Å². The van der Waals surface area contributed by atoms with Crippen LogP contribution < -0.4 is 10.2 Å². The van der Waals surface area contributed by atoms with Gasteiger partial charge in [0.05, 0.1) is 17.9 Å². The van der Waals surface area contributed by atoms with Crippen molar-refractivity contribution in [1.29, 1.82) is 0 Å². The largest absolute Gasteiger partial charge is 0.367 e. The lowest BCUT2D eigenvalue weighted by Gasteiger charge is -2.39. The van der Waals surface area contributed by atoms with E-state index in [1.54, 1.807) is 0 Å². The molecule has 2 unspecified atom stereocenters. The number of carbonyl (C=O) groups excluding carboxylic acids is 1. The van der Waals surface area contributed by atoms with Crippen LogP contribution in [0.5, 0.6) is 0 Å². The molecule has 2 saturated heterocycles. The summed E-state index contributed by atoms with van der Waals surface area (Å²) in [4.78, 5) is 17.5. The number of rotatable bonds is 4. The van der Waals surface area contributed by atoms with E-state index in [1.807, 2.05) is 24.1 Å². The highest BCUT2D eigenvalue weighted by molar-refractivity contribution is 5.82. The first kappa shape index (κ1) is 17.3. The number of piperidine rings is 2. The summed E-state index contributed by atoms with van der Waals surface area (Å²) in [6, 6.07) is 0.717. The monoisotopic (exact) mass is 333 g/mol. The fourth-order valence-electron chi connectivity index (χ4n) is 4.05. The molecule has 24 heavy (non-hydrogen) atoms. The topological polar surface area (TPSA) is 53.4 Å². The molecule has 0 aliphatic carbocycles. The molecule has 0 spiro atoms. The summed E-state index contributed by atoms with van der Waals surface area (Å²) >= 11 is 0. The Morgan fingerprint density at radius 2 is 2.08 bits per heavy atom. The quantitative estimate of drug-likeness (QED) is 0.912. The van der Waals surface area contributed by atoms with Gasteiger partial charge in [-0.1, -0.05) is 6.42 Å². The van der Waals surface area contributed by atoms with E-state index in [1.165, 1.54) is 6.42 Å². The zero-order valence-corrected chi connectivity index (χ0v) is 15.2. The zero-order chi connectivity index (χ0) is 17.1. The van der Waals surface area contributed by atoms with E-state index >= 15 is 0 Å². The second-order valence-corrected chi connectivity index (χ2v) is 7.51. The van der Waals surface area contributed by atoms with Gasteiger partial charge in [-0.3, -0.25) is 14.4 Å². The van der Waals surface area contributed by atoms with Crippen LogP contribution in [0, 0.1) is 0 Å². The smallest absolute Gasteiger partial charge is 0.237 e. The second-order valence-electron chi connectivity index (χ2n) is 7.51. The number of nitrogens with zero attached hydrogens (tertiary/aromatic N) is 4. The van der Waals surface area contributed by atoms with Gasteiger partial charge in [-0.05, 0) is 46.1 Å². The Balaban J connectivity index is 1.59.